The second kappa shape index (κ2) is 42.5. The Morgan fingerprint density at radius 3 is 0.741 bits per heavy atom. The van der Waals surface area contributed by atoms with Crippen LogP contribution in [-0.4, -0.2) is 88.5 Å². The molecule has 0 unspecified atom stereocenters. The number of ether oxygens (including phenoxy) is 2. The SMILES string of the molecule is CCCCCCCCCCCCCCCCCC[N+](C)(C)CCOC(=O)CCCCCCC(=O)OCC[N+](C)(C)CCCCCCCCCCCCCCCCCC. The van der Waals surface area contributed by atoms with Crippen LogP contribution in [0.4, 0.5) is 0 Å². The van der Waals surface area contributed by atoms with Gasteiger partial charge in [-0.05, 0) is 38.5 Å². The van der Waals surface area contributed by atoms with Crippen LogP contribution in [0, 0.1) is 0 Å². The summed E-state index contributed by atoms with van der Waals surface area (Å²) in [5.41, 5.74) is 0. The lowest BCUT2D eigenvalue weighted by Gasteiger charge is -2.29. The summed E-state index contributed by atoms with van der Waals surface area (Å²) in [6.07, 6.45) is 49.3. The van der Waals surface area contributed by atoms with Gasteiger partial charge in [-0.2, -0.15) is 0 Å². The summed E-state index contributed by atoms with van der Waals surface area (Å²) in [6, 6.07) is 0. The first-order chi connectivity index (χ1) is 28.1. The van der Waals surface area contributed by atoms with Crippen LogP contribution >= 0.6 is 0 Å². The molecule has 58 heavy (non-hydrogen) atoms. The quantitative estimate of drug-likeness (QED) is 0.0349. The lowest BCUT2D eigenvalue weighted by Crippen LogP contribution is -2.43. The van der Waals surface area contributed by atoms with Crippen LogP contribution in [0.3, 0.4) is 0 Å². The smallest absolute Gasteiger partial charge is 0.305 e. The summed E-state index contributed by atoms with van der Waals surface area (Å²) in [7, 11) is 9.03. The highest BCUT2D eigenvalue weighted by Crippen LogP contribution is 2.16. The highest BCUT2D eigenvalue weighted by molar-refractivity contribution is 5.69. The number of hydrogen-bond acceptors (Lipinski definition) is 4. The molecule has 0 rings (SSSR count). The van der Waals surface area contributed by atoms with Crippen molar-refractivity contribution in [2.24, 2.45) is 0 Å². The number of carbonyl (C=O) groups excluding carboxylic acids is 2. The Hall–Kier alpha value is -1.14. The van der Waals surface area contributed by atoms with Crippen molar-refractivity contribution in [1.29, 1.82) is 0 Å². The highest BCUT2D eigenvalue weighted by Gasteiger charge is 2.17. The summed E-state index contributed by atoms with van der Waals surface area (Å²) in [6.45, 7) is 9.65. The Kier molecular flexibility index (Phi) is 41.7. The van der Waals surface area contributed by atoms with E-state index in [1.54, 1.807) is 0 Å². The summed E-state index contributed by atoms with van der Waals surface area (Å²) in [5, 5.41) is 0. The normalized spacial score (nSPS) is 12.0. The molecule has 0 aliphatic rings. The minimum absolute atomic E-state index is 0.0813. The molecule has 6 heteroatoms. The van der Waals surface area contributed by atoms with Crippen LogP contribution in [0.15, 0.2) is 0 Å². The van der Waals surface area contributed by atoms with Gasteiger partial charge < -0.3 is 18.4 Å². The van der Waals surface area contributed by atoms with Crippen molar-refractivity contribution < 1.29 is 28.0 Å². The highest BCUT2D eigenvalue weighted by atomic mass is 16.5. The molecule has 0 heterocycles. The fraction of sp³-hybridized carbons (Fsp3) is 0.962. The van der Waals surface area contributed by atoms with Gasteiger partial charge in [0.25, 0.3) is 0 Å². The van der Waals surface area contributed by atoms with E-state index in [2.05, 4.69) is 42.0 Å². The van der Waals surface area contributed by atoms with Gasteiger partial charge in [-0.1, -0.05) is 206 Å². The van der Waals surface area contributed by atoms with Gasteiger partial charge in [0.1, 0.15) is 26.3 Å². The third-order valence-corrected chi connectivity index (χ3v) is 12.7. The van der Waals surface area contributed by atoms with E-state index in [1.165, 1.54) is 205 Å². The van der Waals surface area contributed by atoms with Crippen LogP contribution in [0.5, 0.6) is 0 Å². The number of likely N-dealkylation sites (N-methyl/N-ethyl adjacent to an activating group) is 2. The van der Waals surface area contributed by atoms with Gasteiger partial charge in [0, 0.05) is 12.8 Å². The Balaban J connectivity index is 3.56. The molecule has 0 atom stereocenters. The molecule has 0 spiro atoms. The van der Waals surface area contributed by atoms with E-state index in [0.717, 1.165) is 60.8 Å². The molecule has 0 radical (unpaired) electrons. The Morgan fingerprint density at radius 2 is 0.500 bits per heavy atom. The van der Waals surface area contributed by atoms with Crippen LogP contribution in [-0.2, 0) is 19.1 Å². The van der Waals surface area contributed by atoms with Crippen molar-refractivity contribution in [2.45, 2.75) is 258 Å². The molecule has 0 aliphatic heterocycles. The Labute approximate surface area is 364 Å². The maximum absolute atomic E-state index is 12.3. The molecular formula is C52H106N2O4+2. The third-order valence-electron chi connectivity index (χ3n) is 12.7. The average Bonchev–Trinajstić information content (AvgIpc) is 3.18. The van der Waals surface area contributed by atoms with Crippen LogP contribution in [0.1, 0.15) is 258 Å². The third kappa shape index (κ3) is 44.4. The van der Waals surface area contributed by atoms with Gasteiger partial charge in [0.15, 0.2) is 0 Å². The zero-order valence-electron chi connectivity index (χ0n) is 40.6. The molecule has 346 valence electrons. The average molecular weight is 823 g/mol. The van der Waals surface area contributed by atoms with E-state index in [-0.39, 0.29) is 11.9 Å². The number of esters is 2. The number of nitrogens with zero attached hydrogens (tertiary/aromatic N) is 2. The fourth-order valence-electron chi connectivity index (χ4n) is 8.25. The first kappa shape index (κ1) is 56.9. The zero-order valence-corrected chi connectivity index (χ0v) is 40.6. The predicted molar refractivity (Wildman–Crippen MR) is 252 cm³/mol. The molecule has 0 bridgehead atoms. The van der Waals surface area contributed by atoms with Crippen molar-refractivity contribution in [3.05, 3.63) is 0 Å². The second-order valence-electron chi connectivity index (χ2n) is 19.7. The summed E-state index contributed by atoms with van der Waals surface area (Å²) in [5.74, 6) is -0.163. The molecule has 0 aromatic carbocycles. The fourth-order valence-corrected chi connectivity index (χ4v) is 8.25. The molecule has 0 amide bonds. The molecule has 0 aliphatic carbocycles. The Bertz CT molecular complexity index is 805. The molecule has 0 aromatic heterocycles. The molecule has 0 aromatic rings. The molecule has 0 N–H and O–H groups in total. The Morgan fingerprint density at radius 1 is 0.293 bits per heavy atom. The monoisotopic (exact) mass is 823 g/mol. The summed E-state index contributed by atoms with van der Waals surface area (Å²) < 4.78 is 13.0. The standard InChI is InChI=1S/C52H106N2O4/c1-7-9-11-13-15-17-19-21-23-25-27-29-31-33-37-41-45-53(3,4)47-49-57-51(55)43-39-35-36-40-44-52(56)58-50-48-54(5,6)46-42-38-34-32-30-28-26-24-22-20-18-16-14-12-10-8-2/h7-50H2,1-6H3/q+2. The summed E-state index contributed by atoms with van der Waals surface area (Å²) in [4.78, 5) is 24.6. The topological polar surface area (TPSA) is 52.6 Å². The number of carbonyl (C=O) groups is 2. The van der Waals surface area contributed by atoms with Crippen molar-refractivity contribution in [1.82, 2.24) is 0 Å². The largest absolute Gasteiger partial charge is 0.460 e. The van der Waals surface area contributed by atoms with Gasteiger partial charge in [0.05, 0.1) is 41.3 Å². The number of quaternary nitrogens is 2. The minimum Gasteiger partial charge on any atom is -0.460 e. The molecule has 0 saturated heterocycles. The van der Waals surface area contributed by atoms with E-state index >= 15 is 0 Å². The van der Waals surface area contributed by atoms with Crippen LogP contribution < -0.4 is 0 Å². The van der Waals surface area contributed by atoms with E-state index in [1.807, 2.05) is 0 Å². The van der Waals surface area contributed by atoms with Crippen molar-refractivity contribution in [2.75, 3.05) is 67.6 Å². The predicted octanol–water partition coefficient (Wildman–Crippen LogP) is 15.1. The van der Waals surface area contributed by atoms with E-state index in [9.17, 15) is 9.59 Å². The molecular weight excluding hydrogens is 717 g/mol. The van der Waals surface area contributed by atoms with Crippen molar-refractivity contribution >= 4 is 11.9 Å². The number of unbranched alkanes of at least 4 members (excludes halogenated alkanes) is 33. The lowest BCUT2D eigenvalue weighted by atomic mass is 10.0. The van der Waals surface area contributed by atoms with Crippen molar-refractivity contribution in [3.8, 4) is 0 Å². The van der Waals surface area contributed by atoms with Gasteiger partial charge in [-0.3, -0.25) is 9.59 Å². The lowest BCUT2D eigenvalue weighted by molar-refractivity contribution is -0.890. The van der Waals surface area contributed by atoms with Gasteiger partial charge in [0.2, 0.25) is 0 Å². The van der Waals surface area contributed by atoms with Gasteiger partial charge >= 0.3 is 11.9 Å². The molecule has 0 fully saturated rings. The van der Waals surface area contributed by atoms with Gasteiger partial charge in [-0.25, -0.2) is 0 Å². The number of hydrogen-bond donors (Lipinski definition) is 0. The zero-order chi connectivity index (χ0) is 42.7. The van der Waals surface area contributed by atoms with E-state index < -0.39 is 0 Å². The molecule has 0 saturated carbocycles. The summed E-state index contributed by atoms with van der Waals surface area (Å²) >= 11 is 0. The van der Waals surface area contributed by atoms with E-state index in [0.29, 0.717) is 26.1 Å². The maximum atomic E-state index is 12.3. The minimum atomic E-state index is -0.0813. The van der Waals surface area contributed by atoms with Gasteiger partial charge in [-0.15, -0.1) is 0 Å². The first-order valence-electron chi connectivity index (χ1n) is 26.1. The van der Waals surface area contributed by atoms with E-state index in [4.69, 9.17) is 9.47 Å². The second-order valence-corrected chi connectivity index (χ2v) is 19.7. The maximum Gasteiger partial charge on any atom is 0.305 e. The number of rotatable bonds is 47. The van der Waals surface area contributed by atoms with Crippen LogP contribution in [0.2, 0.25) is 0 Å². The molecule has 6 nitrogen and oxygen atoms in total. The van der Waals surface area contributed by atoms with Crippen molar-refractivity contribution in [3.63, 3.8) is 0 Å². The van der Waals surface area contributed by atoms with Crippen LogP contribution in [0.25, 0.3) is 0 Å². The first-order valence-corrected chi connectivity index (χ1v) is 26.1.